The van der Waals surface area contributed by atoms with E-state index in [0.29, 0.717) is 5.56 Å². The van der Waals surface area contributed by atoms with Crippen molar-refractivity contribution in [1.82, 2.24) is 9.55 Å². The molecule has 2 aromatic rings. The van der Waals surface area contributed by atoms with E-state index in [1.54, 1.807) is 24.7 Å². The van der Waals surface area contributed by atoms with Gasteiger partial charge in [-0.1, -0.05) is 6.07 Å². The van der Waals surface area contributed by atoms with Crippen LogP contribution in [0.4, 0.5) is 0 Å². The minimum atomic E-state index is -0.891. The molecule has 4 heteroatoms. The molecule has 0 aliphatic heterocycles. The van der Waals surface area contributed by atoms with E-state index in [4.69, 9.17) is 5.11 Å². The first kappa shape index (κ1) is 9.84. The second-order valence-corrected chi connectivity index (χ2v) is 4.00. The Labute approximate surface area is 97.8 Å². The molecule has 17 heavy (non-hydrogen) atoms. The SMILES string of the molecule is O=C(O)c1ccc2c(c1)C=C(n1ccnc1)C2. The fourth-order valence-corrected chi connectivity index (χ4v) is 2.04. The van der Waals surface area contributed by atoms with Crippen molar-refractivity contribution in [3.8, 4) is 0 Å². The Morgan fingerprint density at radius 2 is 2.29 bits per heavy atom. The number of carboxylic acid groups (broad SMARTS) is 1. The number of benzene rings is 1. The highest BCUT2D eigenvalue weighted by atomic mass is 16.4. The van der Waals surface area contributed by atoms with Crippen LogP contribution in [-0.2, 0) is 6.42 Å². The minimum Gasteiger partial charge on any atom is -0.478 e. The molecule has 0 fully saturated rings. The summed E-state index contributed by atoms with van der Waals surface area (Å²) in [6.07, 6.45) is 8.17. The zero-order valence-electron chi connectivity index (χ0n) is 9.00. The molecule has 4 nitrogen and oxygen atoms in total. The third-order valence-electron chi connectivity index (χ3n) is 2.92. The van der Waals surface area contributed by atoms with Crippen LogP contribution in [0.15, 0.2) is 36.9 Å². The van der Waals surface area contributed by atoms with Gasteiger partial charge in [0.2, 0.25) is 0 Å². The average Bonchev–Trinajstić information content (AvgIpc) is 2.96. The summed E-state index contributed by atoms with van der Waals surface area (Å²) in [7, 11) is 0. The summed E-state index contributed by atoms with van der Waals surface area (Å²) in [6, 6.07) is 5.23. The van der Waals surface area contributed by atoms with Crippen LogP contribution in [0.3, 0.4) is 0 Å². The second-order valence-electron chi connectivity index (χ2n) is 4.00. The molecular formula is C13H10N2O2. The molecule has 0 amide bonds. The van der Waals surface area contributed by atoms with Crippen molar-refractivity contribution >= 4 is 17.7 Å². The summed E-state index contributed by atoms with van der Waals surface area (Å²) in [5.41, 5.74) is 3.57. The zero-order chi connectivity index (χ0) is 11.8. The first-order chi connectivity index (χ1) is 8.24. The highest BCUT2D eigenvalue weighted by molar-refractivity contribution is 5.90. The highest BCUT2D eigenvalue weighted by Crippen LogP contribution is 2.28. The largest absolute Gasteiger partial charge is 0.478 e. The van der Waals surface area contributed by atoms with Crippen molar-refractivity contribution in [3.63, 3.8) is 0 Å². The highest BCUT2D eigenvalue weighted by Gasteiger charge is 2.15. The van der Waals surface area contributed by atoms with Crippen LogP contribution in [0.25, 0.3) is 11.8 Å². The number of carboxylic acids is 1. The predicted molar refractivity (Wildman–Crippen MR) is 63.5 cm³/mol. The number of aromatic nitrogens is 2. The van der Waals surface area contributed by atoms with Crippen LogP contribution in [0.5, 0.6) is 0 Å². The number of imidazole rings is 1. The van der Waals surface area contributed by atoms with Gasteiger partial charge in [-0.3, -0.25) is 0 Å². The Kier molecular flexibility index (Phi) is 2.08. The van der Waals surface area contributed by atoms with Crippen molar-refractivity contribution in [2.24, 2.45) is 0 Å². The summed E-state index contributed by atoms with van der Waals surface area (Å²) in [5, 5.41) is 8.93. The quantitative estimate of drug-likeness (QED) is 0.853. The van der Waals surface area contributed by atoms with E-state index in [9.17, 15) is 4.79 Å². The van der Waals surface area contributed by atoms with Gasteiger partial charge in [0.05, 0.1) is 11.9 Å². The summed E-state index contributed by atoms with van der Waals surface area (Å²) < 4.78 is 1.94. The molecule has 0 bridgehead atoms. The molecule has 0 saturated carbocycles. The standard InChI is InChI=1S/C13H10N2O2/c16-13(17)10-2-1-9-6-12(7-11(9)5-10)15-4-3-14-8-15/h1-5,7-8H,6H2,(H,16,17). The first-order valence-electron chi connectivity index (χ1n) is 5.29. The van der Waals surface area contributed by atoms with Crippen LogP contribution in [0, 0.1) is 0 Å². The van der Waals surface area contributed by atoms with Gasteiger partial charge in [-0.25, -0.2) is 9.78 Å². The van der Waals surface area contributed by atoms with Crippen molar-refractivity contribution in [2.45, 2.75) is 6.42 Å². The fourth-order valence-electron chi connectivity index (χ4n) is 2.04. The summed E-state index contributed by atoms with van der Waals surface area (Å²) in [6.45, 7) is 0. The Balaban J connectivity index is 2.01. The van der Waals surface area contributed by atoms with Crippen molar-refractivity contribution < 1.29 is 9.90 Å². The fraction of sp³-hybridized carbons (Fsp3) is 0.0769. The molecule has 1 aromatic heterocycles. The van der Waals surface area contributed by atoms with Gasteiger partial charge in [0.25, 0.3) is 0 Å². The molecule has 1 aromatic carbocycles. The molecule has 0 spiro atoms. The summed E-state index contributed by atoms with van der Waals surface area (Å²) in [4.78, 5) is 14.9. The molecule has 1 aliphatic rings. The molecule has 1 N–H and O–H groups in total. The molecule has 84 valence electrons. The van der Waals surface area contributed by atoms with Crippen LogP contribution in [0.2, 0.25) is 0 Å². The number of fused-ring (bicyclic) bond motifs is 1. The molecule has 0 atom stereocenters. The lowest BCUT2D eigenvalue weighted by Gasteiger charge is -2.01. The third-order valence-corrected chi connectivity index (χ3v) is 2.92. The summed E-state index contributed by atoms with van der Waals surface area (Å²) >= 11 is 0. The number of aromatic carboxylic acids is 1. The van der Waals surface area contributed by atoms with Gasteiger partial charge in [0.1, 0.15) is 0 Å². The Hall–Kier alpha value is -2.36. The van der Waals surface area contributed by atoms with E-state index in [-0.39, 0.29) is 0 Å². The number of allylic oxidation sites excluding steroid dienone is 1. The smallest absolute Gasteiger partial charge is 0.335 e. The first-order valence-corrected chi connectivity index (χ1v) is 5.29. The average molecular weight is 226 g/mol. The maximum absolute atomic E-state index is 10.9. The lowest BCUT2D eigenvalue weighted by atomic mass is 10.1. The van der Waals surface area contributed by atoms with Gasteiger partial charge in [-0.2, -0.15) is 0 Å². The number of rotatable bonds is 2. The van der Waals surface area contributed by atoms with E-state index in [2.05, 4.69) is 4.98 Å². The van der Waals surface area contributed by atoms with E-state index >= 15 is 0 Å². The van der Waals surface area contributed by atoms with Crippen LogP contribution < -0.4 is 0 Å². The minimum absolute atomic E-state index is 0.326. The third kappa shape index (κ3) is 1.63. The maximum Gasteiger partial charge on any atom is 0.335 e. The second kappa shape index (κ2) is 3.59. The van der Waals surface area contributed by atoms with Crippen LogP contribution >= 0.6 is 0 Å². The molecule has 1 aliphatic carbocycles. The Bertz CT molecular complexity index is 612. The Morgan fingerprint density at radius 1 is 1.41 bits per heavy atom. The summed E-state index contributed by atoms with van der Waals surface area (Å²) in [5.74, 6) is -0.891. The van der Waals surface area contributed by atoms with Crippen LogP contribution in [-0.4, -0.2) is 20.6 Å². The van der Waals surface area contributed by atoms with E-state index in [0.717, 1.165) is 23.2 Å². The molecule has 3 rings (SSSR count). The van der Waals surface area contributed by atoms with Gasteiger partial charge in [-0.05, 0) is 29.3 Å². The van der Waals surface area contributed by atoms with E-state index < -0.39 is 5.97 Å². The molecular weight excluding hydrogens is 216 g/mol. The van der Waals surface area contributed by atoms with Gasteiger partial charge >= 0.3 is 5.97 Å². The van der Waals surface area contributed by atoms with Crippen LogP contribution in [0.1, 0.15) is 21.5 Å². The van der Waals surface area contributed by atoms with Gasteiger partial charge < -0.3 is 9.67 Å². The van der Waals surface area contributed by atoms with E-state index in [1.165, 1.54) is 0 Å². The topological polar surface area (TPSA) is 55.1 Å². The van der Waals surface area contributed by atoms with Gasteiger partial charge in [0.15, 0.2) is 0 Å². The predicted octanol–water partition coefficient (Wildman–Crippen LogP) is 2.14. The lowest BCUT2D eigenvalue weighted by Crippen LogP contribution is -1.97. The molecule has 1 heterocycles. The van der Waals surface area contributed by atoms with Crippen molar-refractivity contribution in [3.05, 3.63) is 53.6 Å². The maximum atomic E-state index is 10.9. The number of nitrogens with zero attached hydrogens (tertiary/aromatic N) is 2. The Morgan fingerprint density at radius 3 is 3.00 bits per heavy atom. The molecule has 0 radical (unpaired) electrons. The van der Waals surface area contributed by atoms with Crippen molar-refractivity contribution in [1.29, 1.82) is 0 Å². The monoisotopic (exact) mass is 226 g/mol. The molecule has 0 unspecified atom stereocenters. The van der Waals surface area contributed by atoms with Crippen molar-refractivity contribution in [2.75, 3.05) is 0 Å². The van der Waals surface area contributed by atoms with Gasteiger partial charge in [-0.15, -0.1) is 0 Å². The number of hydrogen-bond acceptors (Lipinski definition) is 2. The lowest BCUT2D eigenvalue weighted by molar-refractivity contribution is 0.0697. The number of hydrogen-bond donors (Lipinski definition) is 1. The normalized spacial score (nSPS) is 13.3. The zero-order valence-corrected chi connectivity index (χ0v) is 9.00. The van der Waals surface area contributed by atoms with E-state index in [1.807, 2.05) is 22.9 Å². The molecule has 0 saturated heterocycles. The van der Waals surface area contributed by atoms with Gasteiger partial charge in [0, 0.05) is 24.5 Å². The number of carbonyl (C=O) groups is 1.